The molecule has 0 unspecified atom stereocenters. The van der Waals surface area contributed by atoms with Crippen molar-refractivity contribution in [3.05, 3.63) is 34.3 Å². The van der Waals surface area contributed by atoms with Gasteiger partial charge in [-0.3, -0.25) is 9.59 Å². The number of hydrogen-bond donors (Lipinski definition) is 1. The smallest absolute Gasteiger partial charge is 0.251 e. The Labute approximate surface area is 126 Å². The third-order valence-electron chi connectivity index (χ3n) is 3.35. The van der Waals surface area contributed by atoms with Gasteiger partial charge in [0.05, 0.1) is 19.2 Å². The Hall–Kier alpha value is -1.40. The Morgan fingerprint density at radius 3 is 2.70 bits per heavy atom. The molecule has 1 heterocycles. The fourth-order valence-corrected chi connectivity index (χ4v) is 2.28. The number of halogens is 1. The molecule has 6 heteroatoms. The molecule has 1 fully saturated rings. The van der Waals surface area contributed by atoms with E-state index in [1.807, 2.05) is 0 Å². The molecular weight excluding hydrogens is 324 g/mol. The van der Waals surface area contributed by atoms with E-state index in [2.05, 4.69) is 21.2 Å². The van der Waals surface area contributed by atoms with Crippen LogP contribution in [0.4, 0.5) is 0 Å². The van der Waals surface area contributed by atoms with Crippen LogP contribution in [0.15, 0.2) is 28.7 Å². The van der Waals surface area contributed by atoms with Crippen LogP contribution < -0.4 is 5.32 Å². The zero-order valence-electron chi connectivity index (χ0n) is 11.3. The molecule has 0 bridgehead atoms. The number of nitrogens with zero attached hydrogens (tertiary/aromatic N) is 1. The summed E-state index contributed by atoms with van der Waals surface area (Å²) in [4.78, 5) is 25.5. The molecule has 1 atom stereocenters. The maximum Gasteiger partial charge on any atom is 0.251 e. The highest BCUT2D eigenvalue weighted by Crippen LogP contribution is 2.11. The number of nitrogens with one attached hydrogen (secondary N) is 1. The number of carbonyl (C=O) groups excluding carboxylic acids is 2. The van der Waals surface area contributed by atoms with E-state index in [4.69, 9.17) is 4.74 Å². The number of ether oxygens (including phenoxy) is 1. The second-order valence-corrected chi connectivity index (χ2v) is 5.63. The summed E-state index contributed by atoms with van der Waals surface area (Å²) in [5, 5.41) is 2.64. The average Bonchev–Trinajstić information content (AvgIpc) is 2.98. The summed E-state index contributed by atoms with van der Waals surface area (Å²) in [6, 6.07) is 7.11. The number of hydrogen-bond acceptors (Lipinski definition) is 3. The lowest BCUT2D eigenvalue weighted by molar-refractivity contribution is -0.130. The molecule has 1 N–H and O–H groups in total. The summed E-state index contributed by atoms with van der Waals surface area (Å²) in [7, 11) is 1.74. The van der Waals surface area contributed by atoms with Crippen molar-refractivity contribution in [1.82, 2.24) is 10.2 Å². The third kappa shape index (κ3) is 3.80. The summed E-state index contributed by atoms with van der Waals surface area (Å²) in [6.45, 7) is 1.26. The van der Waals surface area contributed by atoms with Crippen molar-refractivity contribution in [3.63, 3.8) is 0 Å². The lowest BCUT2D eigenvalue weighted by Gasteiger charge is -2.23. The Bertz CT molecular complexity index is 484. The van der Waals surface area contributed by atoms with Crippen LogP contribution >= 0.6 is 15.9 Å². The SMILES string of the molecule is CN(C(=O)CNC(=O)c1ccc(Br)cc1)[C@@H]1CCOC1. The molecule has 2 amide bonds. The van der Waals surface area contributed by atoms with Crippen LogP contribution in [0.1, 0.15) is 16.8 Å². The molecule has 1 aromatic carbocycles. The lowest BCUT2D eigenvalue weighted by Crippen LogP contribution is -2.43. The second-order valence-electron chi connectivity index (χ2n) is 4.71. The standard InChI is InChI=1S/C14H17BrN2O3/c1-17(12-6-7-20-9-12)13(18)8-16-14(19)10-2-4-11(15)5-3-10/h2-5,12H,6-9H2,1H3,(H,16,19)/t12-/m1/s1. The maximum absolute atomic E-state index is 12.0. The van der Waals surface area contributed by atoms with Crippen LogP contribution in [0.3, 0.4) is 0 Å². The number of likely N-dealkylation sites (N-methyl/N-ethyl adjacent to an activating group) is 1. The molecule has 0 saturated carbocycles. The van der Waals surface area contributed by atoms with Gasteiger partial charge in [-0.05, 0) is 30.7 Å². The van der Waals surface area contributed by atoms with Crippen LogP contribution in [0.25, 0.3) is 0 Å². The highest BCUT2D eigenvalue weighted by molar-refractivity contribution is 9.10. The minimum absolute atomic E-state index is 0.00188. The van der Waals surface area contributed by atoms with E-state index in [0.29, 0.717) is 18.8 Å². The Balaban J connectivity index is 1.83. The average molecular weight is 341 g/mol. The molecule has 0 spiro atoms. The summed E-state index contributed by atoms with van der Waals surface area (Å²) in [5.74, 6) is -0.354. The van der Waals surface area contributed by atoms with E-state index in [-0.39, 0.29) is 24.4 Å². The molecule has 2 rings (SSSR count). The van der Waals surface area contributed by atoms with Gasteiger partial charge in [0.2, 0.25) is 5.91 Å². The molecule has 0 aliphatic carbocycles. The molecule has 0 radical (unpaired) electrons. The molecule has 1 saturated heterocycles. The van der Waals surface area contributed by atoms with Crippen LogP contribution in [0.5, 0.6) is 0 Å². The highest BCUT2D eigenvalue weighted by atomic mass is 79.9. The van der Waals surface area contributed by atoms with Crippen molar-refractivity contribution < 1.29 is 14.3 Å². The van der Waals surface area contributed by atoms with Gasteiger partial charge in [-0.15, -0.1) is 0 Å². The molecule has 5 nitrogen and oxygen atoms in total. The van der Waals surface area contributed by atoms with Gasteiger partial charge in [-0.2, -0.15) is 0 Å². The highest BCUT2D eigenvalue weighted by Gasteiger charge is 2.24. The first-order valence-electron chi connectivity index (χ1n) is 6.45. The van der Waals surface area contributed by atoms with E-state index in [9.17, 15) is 9.59 Å². The molecule has 0 aromatic heterocycles. The zero-order valence-corrected chi connectivity index (χ0v) is 12.9. The van der Waals surface area contributed by atoms with Crippen LogP contribution in [-0.4, -0.2) is 49.6 Å². The van der Waals surface area contributed by atoms with Crippen molar-refractivity contribution in [1.29, 1.82) is 0 Å². The van der Waals surface area contributed by atoms with E-state index in [1.165, 1.54) is 0 Å². The van der Waals surface area contributed by atoms with Crippen molar-refractivity contribution in [2.24, 2.45) is 0 Å². The van der Waals surface area contributed by atoms with Gasteiger partial charge in [0.25, 0.3) is 5.91 Å². The lowest BCUT2D eigenvalue weighted by atomic mass is 10.2. The molecule has 20 heavy (non-hydrogen) atoms. The fourth-order valence-electron chi connectivity index (χ4n) is 2.02. The van der Waals surface area contributed by atoms with E-state index in [0.717, 1.165) is 10.9 Å². The number of benzene rings is 1. The minimum Gasteiger partial charge on any atom is -0.379 e. The first kappa shape index (κ1) is 15.0. The van der Waals surface area contributed by atoms with Crippen molar-refractivity contribution in [3.8, 4) is 0 Å². The maximum atomic E-state index is 12.0. The predicted octanol–water partition coefficient (Wildman–Crippen LogP) is 1.43. The van der Waals surface area contributed by atoms with Gasteiger partial charge in [-0.25, -0.2) is 0 Å². The quantitative estimate of drug-likeness (QED) is 0.901. The summed E-state index contributed by atoms with van der Waals surface area (Å²) >= 11 is 3.31. The van der Waals surface area contributed by atoms with Crippen LogP contribution in [0.2, 0.25) is 0 Å². The summed E-state index contributed by atoms with van der Waals surface area (Å²) in [5.41, 5.74) is 0.535. The number of rotatable bonds is 4. The topological polar surface area (TPSA) is 58.6 Å². The largest absolute Gasteiger partial charge is 0.379 e. The van der Waals surface area contributed by atoms with Crippen molar-refractivity contribution in [2.75, 3.05) is 26.8 Å². The van der Waals surface area contributed by atoms with E-state index < -0.39 is 0 Å². The van der Waals surface area contributed by atoms with Crippen LogP contribution in [0, 0.1) is 0 Å². The van der Waals surface area contributed by atoms with E-state index in [1.54, 1.807) is 36.2 Å². The Kier molecular flexibility index (Phi) is 5.14. The molecule has 1 aromatic rings. The fraction of sp³-hybridized carbons (Fsp3) is 0.429. The van der Waals surface area contributed by atoms with Gasteiger partial charge in [0.1, 0.15) is 0 Å². The van der Waals surface area contributed by atoms with E-state index >= 15 is 0 Å². The molecule has 1 aliphatic heterocycles. The Morgan fingerprint density at radius 1 is 1.40 bits per heavy atom. The normalized spacial score (nSPS) is 17.8. The van der Waals surface area contributed by atoms with Gasteiger partial charge in [0, 0.05) is 23.7 Å². The number of carbonyl (C=O) groups is 2. The zero-order chi connectivity index (χ0) is 14.5. The van der Waals surface area contributed by atoms with Gasteiger partial charge < -0.3 is 15.0 Å². The summed E-state index contributed by atoms with van der Waals surface area (Å²) in [6.07, 6.45) is 0.850. The second kappa shape index (κ2) is 6.85. The van der Waals surface area contributed by atoms with Crippen molar-refractivity contribution in [2.45, 2.75) is 12.5 Å². The summed E-state index contributed by atoms with van der Waals surface area (Å²) < 4.78 is 6.16. The monoisotopic (exact) mass is 340 g/mol. The first-order chi connectivity index (χ1) is 9.58. The molecule has 108 valence electrons. The number of amides is 2. The minimum atomic E-state index is -0.248. The van der Waals surface area contributed by atoms with Crippen LogP contribution in [-0.2, 0) is 9.53 Å². The van der Waals surface area contributed by atoms with Crippen molar-refractivity contribution >= 4 is 27.7 Å². The molecule has 1 aliphatic rings. The first-order valence-corrected chi connectivity index (χ1v) is 7.24. The van der Waals surface area contributed by atoms with Gasteiger partial charge in [0.15, 0.2) is 0 Å². The molecular formula is C14H17BrN2O3. The Morgan fingerprint density at radius 2 is 2.10 bits per heavy atom. The van der Waals surface area contributed by atoms with Gasteiger partial charge in [-0.1, -0.05) is 15.9 Å². The van der Waals surface area contributed by atoms with Gasteiger partial charge >= 0.3 is 0 Å². The predicted molar refractivity (Wildman–Crippen MR) is 78.5 cm³/mol. The third-order valence-corrected chi connectivity index (χ3v) is 3.88.